The van der Waals surface area contributed by atoms with E-state index in [1.807, 2.05) is 31.2 Å². The van der Waals surface area contributed by atoms with Gasteiger partial charge in [-0.3, -0.25) is 5.32 Å². The molecule has 0 aliphatic carbocycles. The lowest BCUT2D eigenvalue weighted by Crippen LogP contribution is -2.22. The molecule has 1 unspecified atom stereocenters. The van der Waals surface area contributed by atoms with Crippen LogP contribution in [0.4, 0.5) is 0 Å². The topological polar surface area (TPSA) is 45.0 Å². The fraction of sp³-hybridized carbons (Fsp3) is 0.533. The Bertz CT molecular complexity index is 396. The highest BCUT2D eigenvalue weighted by Gasteiger charge is 2.10. The molecule has 0 radical (unpaired) electrons. The zero-order valence-corrected chi connectivity index (χ0v) is 11.4. The van der Waals surface area contributed by atoms with Gasteiger partial charge >= 0.3 is 0 Å². The molecule has 0 heterocycles. The first kappa shape index (κ1) is 14.5. The van der Waals surface area contributed by atoms with Crippen molar-refractivity contribution in [2.45, 2.75) is 33.2 Å². The van der Waals surface area contributed by atoms with Crippen LogP contribution in [-0.4, -0.2) is 13.2 Å². The number of ether oxygens (including phenoxy) is 1. The van der Waals surface area contributed by atoms with E-state index in [9.17, 15) is 5.26 Å². The van der Waals surface area contributed by atoms with E-state index in [1.54, 1.807) is 0 Å². The summed E-state index contributed by atoms with van der Waals surface area (Å²) in [5, 5.41) is 12.5. The van der Waals surface area contributed by atoms with Crippen LogP contribution in [0.15, 0.2) is 24.3 Å². The second kappa shape index (κ2) is 7.73. The van der Waals surface area contributed by atoms with Crippen LogP contribution in [0.5, 0.6) is 5.75 Å². The van der Waals surface area contributed by atoms with Crippen LogP contribution in [0.2, 0.25) is 0 Å². The highest BCUT2D eigenvalue weighted by Crippen LogP contribution is 2.19. The van der Waals surface area contributed by atoms with Crippen molar-refractivity contribution >= 4 is 0 Å². The molecule has 0 amide bonds. The largest absolute Gasteiger partial charge is 0.494 e. The second-order valence-corrected chi connectivity index (χ2v) is 4.70. The van der Waals surface area contributed by atoms with Crippen LogP contribution in [0, 0.1) is 17.2 Å². The Balaban J connectivity index is 2.64. The fourth-order valence-corrected chi connectivity index (χ4v) is 1.70. The van der Waals surface area contributed by atoms with Gasteiger partial charge in [-0.1, -0.05) is 26.0 Å². The van der Waals surface area contributed by atoms with Crippen LogP contribution in [0.25, 0.3) is 0 Å². The first-order valence-electron chi connectivity index (χ1n) is 6.53. The summed E-state index contributed by atoms with van der Waals surface area (Å²) in [6.45, 7) is 7.81. The van der Waals surface area contributed by atoms with E-state index in [2.05, 4.69) is 25.2 Å². The van der Waals surface area contributed by atoms with Crippen LogP contribution < -0.4 is 10.1 Å². The molecule has 18 heavy (non-hydrogen) atoms. The van der Waals surface area contributed by atoms with Crippen molar-refractivity contribution in [1.82, 2.24) is 5.32 Å². The third-order valence-corrected chi connectivity index (χ3v) is 2.70. The molecule has 1 rings (SSSR count). The van der Waals surface area contributed by atoms with Crippen molar-refractivity contribution in [2.24, 2.45) is 5.92 Å². The predicted molar refractivity (Wildman–Crippen MR) is 73.4 cm³/mol. The first-order valence-corrected chi connectivity index (χ1v) is 6.53. The van der Waals surface area contributed by atoms with Crippen LogP contribution in [0.3, 0.4) is 0 Å². The van der Waals surface area contributed by atoms with E-state index in [0.717, 1.165) is 24.3 Å². The zero-order valence-electron chi connectivity index (χ0n) is 11.4. The van der Waals surface area contributed by atoms with Gasteiger partial charge in [0.1, 0.15) is 11.8 Å². The maximum Gasteiger partial charge on any atom is 0.121 e. The van der Waals surface area contributed by atoms with Gasteiger partial charge in [0.25, 0.3) is 0 Å². The molecule has 0 aromatic heterocycles. The van der Waals surface area contributed by atoms with E-state index in [-0.39, 0.29) is 6.04 Å². The average Bonchev–Trinajstić information content (AvgIpc) is 2.35. The van der Waals surface area contributed by atoms with Crippen molar-refractivity contribution in [3.8, 4) is 11.8 Å². The summed E-state index contributed by atoms with van der Waals surface area (Å²) >= 11 is 0. The van der Waals surface area contributed by atoms with Crippen molar-refractivity contribution in [2.75, 3.05) is 13.2 Å². The monoisotopic (exact) mass is 246 g/mol. The number of benzene rings is 1. The van der Waals surface area contributed by atoms with E-state index in [1.165, 1.54) is 0 Å². The molecule has 0 aliphatic rings. The van der Waals surface area contributed by atoms with Gasteiger partial charge in [-0.25, -0.2) is 0 Å². The number of nitrogens with zero attached hydrogens (tertiary/aromatic N) is 1. The quantitative estimate of drug-likeness (QED) is 0.803. The summed E-state index contributed by atoms with van der Waals surface area (Å²) in [7, 11) is 0. The minimum Gasteiger partial charge on any atom is -0.494 e. The fourth-order valence-electron chi connectivity index (χ4n) is 1.70. The Labute approximate surface area is 110 Å². The average molecular weight is 246 g/mol. The number of hydrogen-bond donors (Lipinski definition) is 1. The van der Waals surface area contributed by atoms with E-state index >= 15 is 0 Å². The SMILES string of the molecule is CCOc1cccc(C(C#N)NCCC(C)C)c1. The van der Waals surface area contributed by atoms with E-state index in [0.29, 0.717) is 12.5 Å². The van der Waals surface area contributed by atoms with Gasteiger partial charge < -0.3 is 4.74 Å². The molecule has 0 saturated heterocycles. The third-order valence-electron chi connectivity index (χ3n) is 2.70. The summed E-state index contributed by atoms with van der Waals surface area (Å²) in [4.78, 5) is 0. The summed E-state index contributed by atoms with van der Waals surface area (Å²) < 4.78 is 5.45. The molecule has 3 nitrogen and oxygen atoms in total. The number of nitrogens with one attached hydrogen (secondary N) is 1. The molecular formula is C15H22N2O. The molecule has 0 bridgehead atoms. The molecule has 0 aliphatic heterocycles. The highest BCUT2D eigenvalue weighted by atomic mass is 16.5. The molecule has 0 spiro atoms. The Kier molecular flexibility index (Phi) is 6.24. The van der Waals surface area contributed by atoms with Gasteiger partial charge in [-0.05, 0) is 43.5 Å². The zero-order chi connectivity index (χ0) is 13.4. The van der Waals surface area contributed by atoms with Gasteiger partial charge in [-0.15, -0.1) is 0 Å². The van der Waals surface area contributed by atoms with Crippen LogP contribution >= 0.6 is 0 Å². The van der Waals surface area contributed by atoms with Crippen molar-refractivity contribution in [3.05, 3.63) is 29.8 Å². The minimum atomic E-state index is -0.260. The number of rotatable bonds is 7. The van der Waals surface area contributed by atoms with Gasteiger partial charge in [0, 0.05) is 0 Å². The van der Waals surface area contributed by atoms with E-state index in [4.69, 9.17) is 4.74 Å². The summed E-state index contributed by atoms with van der Waals surface area (Å²) in [6, 6.07) is 9.76. The molecule has 1 aromatic carbocycles. The smallest absolute Gasteiger partial charge is 0.121 e. The first-order chi connectivity index (χ1) is 8.67. The highest BCUT2D eigenvalue weighted by molar-refractivity contribution is 5.33. The predicted octanol–water partition coefficient (Wildman–Crippen LogP) is 3.29. The molecule has 1 N–H and O–H groups in total. The second-order valence-electron chi connectivity index (χ2n) is 4.70. The third kappa shape index (κ3) is 4.77. The lowest BCUT2D eigenvalue weighted by atomic mass is 10.1. The van der Waals surface area contributed by atoms with Crippen molar-refractivity contribution < 1.29 is 4.74 Å². The van der Waals surface area contributed by atoms with Gasteiger partial charge in [0.2, 0.25) is 0 Å². The van der Waals surface area contributed by atoms with Gasteiger partial charge in [-0.2, -0.15) is 5.26 Å². The molecule has 0 fully saturated rings. The normalized spacial score (nSPS) is 12.2. The maximum atomic E-state index is 9.21. The lowest BCUT2D eigenvalue weighted by Gasteiger charge is -2.14. The van der Waals surface area contributed by atoms with Gasteiger partial charge in [0.15, 0.2) is 0 Å². The Morgan fingerprint density at radius 3 is 2.78 bits per heavy atom. The molecule has 0 saturated carbocycles. The maximum absolute atomic E-state index is 9.21. The Morgan fingerprint density at radius 1 is 1.39 bits per heavy atom. The van der Waals surface area contributed by atoms with E-state index < -0.39 is 0 Å². The number of hydrogen-bond acceptors (Lipinski definition) is 3. The number of nitriles is 1. The van der Waals surface area contributed by atoms with Crippen molar-refractivity contribution in [1.29, 1.82) is 5.26 Å². The molecule has 3 heteroatoms. The van der Waals surface area contributed by atoms with Crippen molar-refractivity contribution in [3.63, 3.8) is 0 Å². The lowest BCUT2D eigenvalue weighted by molar-refractivity contribution is 0.339. The molecular weight excluding hydrogens is 224 g/mol. The Hall–Kier alpha value is -1.53. The standard InChI is InChI=1S/C15H22N2O/c1-4-18-14-7-5-6-13(10-14)15(11-16)17-9-8-12(2)3/h5-7,10,12,15,17H,4,8-9H2,1-3H3. The summed E-state index contributed by atoms with van der Waals surface area (Å²) in [5.41, 5.74) is 0.965. The Morgan fingerprint density at radius 2 is 2.17 bits per heavy atom. The van der Waals surface area contributed by atoms with Crippen LogP contribution in [0.1, 0.15) is 38.8 Å². The minimum absolute atomic E-state index is 0.260. The molecule has 1 atom stereocenters. The van der Waals surface area contributed by atoms with Gasteiger partial charge in [0.05, 0.1) is 12.7 Å². The summed E-state index contributed by atoms with van der Waals surface area (Å²) in [5.74, 6) is 1.47. The molecule has 98 valence electrons. The molecule has 1 aromatic rings. The summed E-state index contributed by atoms with van der Waals surface area (Å²) in [6.07, 6.45) is 1.07. The van der Waals surface area contributed by atoms with Crippen LogP contribution in [-0.2, 0) is 0 Å².